The number of rotatable bonds is 4. The first kappa shape index (κ1) is 14.8. The molecule has 3 nitrogen and oxygen atoms in total. The second kappa shape index (κ2) is 5.38. The number of benzene rings is 1. The Hall–Kier alpha value is -1.65. The molecule has 110 valence electrons. The summed E-state index contributed by atoms with van der Waals surface area (Å²) < 4.78 is 27.0. The lowest BCUT2D eigenvalue weighted by Crippen LogP contribution is -2.28. The summed E-state index contributed by atoms with van der Waals surface area (Å²) in [6.45, 7) is 4.77. The molecular formula is C15H19F2NO2. The molecule has 0 aromatic heterocycles. The van der Waals surface area contributed by atoms with Crippen LogP contribution in [-0.4, -0.2) is 24.2 Å². The van der Waals surface area contributed by atoms with Crippen molar-refractivity contribution in [3.63, 3.8) is 0 Å². The normalized spacial score (nSPS) is 15.7. The third-order valence-electron chi connectivity index (χ3n) is 3.78. The Balaban J connectivity index is 2.39. The van der Waals surface area contributed by atoms with Crippen LogP contribution in [0.25, 0.3) is 0 Å². The van der Waals surface area contributed by atoms with Gasteiger partial charge < -0.3 is 10.0 Å². The Kier molecular flexibility index (Phi) is 3.97. The summed E-state index contributed by atoms with van der Waals surface area (Å²) in [7, 11) is 0. The maximum atomic E-state index is 13.5. The van der Waals surface area contributed by atoms with Crippen molar-refractivity contribution in [2.75, 3.05) is 18.0 Å². The number of aliphatic carboxylic acids is 1. The Bertz CT molecular complexity index is 523. The van der Waals surface area contributed by atoms with E-state index in [-0.39, 0.29) is 6.42 Å². The third kappa shape index (κ3) is 2.92. The number of hydrogen-bond donors (Lipinski definition) is 1. The van der Waals surface area contributed by atoms with E-state index in [4.69, 9.17) is 0 Å². The van der Waals surface area contributed by atoms with Crippen LogP contribution in [0.2, 0.25) is 0 Å². The van der Waals surface area contributed by atoms with E-state index < -0.39 is 23.0 Å². The quantitative estimate of drug-likeness (QED) is 0.922. The highest BCUT2D eigenvalue weighted by Crippen LogP contribution is 2.32. The summed E-state index contributed by atoms with van der Waals surface area (Å²) in [6, 6.07) is 2.32. The van der Waals surface area contributed by atoms with E-state index in [0.29, 0.717) is 11.3 Å². The molecule has 0 radical (unpaired) electrons. The number of carboxylic acids is 1. The lowest BCUT2D eigenvalue weighted by Gasteiger charge is -2.26. The van der Waals surface area contributed by atoms with Crippen LogP contribution in [0, 0.1) is 17.0 Å². The van der Waals surface area contributed by atoms with Gasteiger partial charge in [0.05, 0.1) is 5.41 Å². The Morgan fingerprint density at radius 3 is 2.35 bits per heavy atom. The Morgan fingerprint density at radius 1 is 1.25 bits per heavy atom. The van der Waals surface area contributed by atoms with E-state index in [0.717, 1.165) is 32.0 Å². The third-order valence-corrected chi connectivity index (χ3v) is 3.78. The predicted octanol–water partition coefficient (Wildman–Crippen LogP) is 3.22. The molecule has 0 spiro atoms. The molecule has 20 heavy (non-hydrogen) atoms. The monoisotopic (exact) mass is 283 g/mol. The van der Waals surface area contributed by atoms with E-state index in [1.165, 1.54) is 6.07 Å². The fourth-order valence-electron chi connectivity index (χ4n) is 2.52. The maximum absolute atomic E-state index is 13.5. The fourth-order valence-corrected chi connectivity index (χ4v) is 2.52. The molecule has 1 aliphatic heterocycles. The standard InChI is InChI=1S/C15H19F2NO2/c1-15(2,14(19)20)9-10-7-11(16)12(17)8-13(10)18-5-3-4-6-18/h7-8H,3-6,9H2,1-2H3,(H,19,20). The minimum absolute atomic E-state index is 0.172. The average Bonchev–Trinajstić information content (AvgIpc) is 2.86. The molecule has 1 aliphatic rings. The summed E-state index contributed by atoms with van der Waals surface area (Å²) in [5.74, 6) is -2.76. The zero-order chi connectivity index (χ0) is 14.9. The smallest absolute Gasteiger partial charge is 0.309 e. The number of halogens is 2. The summed E-state index contributed by atoms with van der Waals surface area (Å²) in [4.78, 5) is 13.2. The van der Waals surface area contributed by atoms with E-state index in [1.54, 1.807) is 13.8 Å². The Labute approximate surface area is 117 Å². The first-order valence-electron chi connectivity index (χ1n) is 6.77. The van der Waals surface area contributed by atoms with Crippen molar-refractivity contribution in [1.82, 2.24) is 0 Å². The van der Waals surface area contributed by atoms with Gasteiger partial charge in [0.15, 0.2) is 11.6 Å². The highest BCUT2D eigenvalue weighted by molar-refractivity contribution is 5.74. The van der Waals surface area contributed by atoms with Gasteiger partial charge in [-0.15, -0.1) is 0 Å². The second-order valence-electron chi connectivity index (χ2n) is 5.95. The van der Waals surface area contributed by atoms with E-state index >= 15 is 0 Å². The van der Waals surface area contributed by atoms with Gasteiger partial charge in [-0.25, -0.2) is 8.78 Å². The summed E-state index contributed by atoms with van der Waals surface area (Å²) in [5, 5.41) is 9.20. The molecule has 5 heteroatoms. The lowest BCUT2D eigenvalue weighted by molar-refractivity contribution is -0.146. The molecule has 1 saturated heterocycles. The summed E-state index contributed by atoms with van der Waals surface area (Å²) in [5.41, 5.74) is 0.160. The number of carboxylic acid groups (broad SMARTS) is 1. The largest absolute Gasteiger partial charge is 0.481 e. The number of anilines is 1. The van der Waals surface area contributed by atoms with Crippen LogP contribution in [0.1, 0.15) is 32.3 Å². The van der Waals surface area contributed by atoms with Gasteiger partial charge in [0.2, 0.25) is 0 Å². The molecule has 1 fully saturated rings. The van der Waals surface area contributed by atoms with Gasteiger partial charge in [-0.1, -0.05) is 0 Å². The predicted molar refractivity (Wildman–Crippen MR) is 72.9 cm³/mol. The van der Waals surface area contributed by atoms with Gasteiger partial charge in [0.1, 0.15) is 0 Å². The van der Waals surface area contributed by atoms with Crippen LogP contribution in [-0.2, 0) is 11.2 Å². The number of hydrogen-bond acceptors (Lipinski definition) is 2. The molecule has 0 aliphatic carbocycles. The van der Waals surface area contributed by atoms with Crippen molar-refractivity contribution in [2.24, 2.45) is 5.41 Å². The van der Waals surface area contributed by atoms with Gasteiger partial charge in [0.25, 0.3) is 0 Å². The summed E-state index contributed by atoms with van der Waals surface area (Å²) >= 11 is 0. The molecular weight excluding hydrogens is 264 g/mol. The molecule has 0 bridgehead atoms. The molecule has 1 aromatic carbocycles. The average molecular weight is 283 g/mol. The van der Waals surface area contributed by atoms with E-state index in [9.17, 15) is 18.7 Å². The fraction of sp³-hybridized carbons (Fsp3) is 0.533. The molecule has 0 unspecified atom stereocenters. The molecule has 2 rings (SSSR count). The maximum Gasteiger partial charge on any atom is 0.309 e. The van der Waals surface area contributed by atoms with E-state index in [1.807, 2.05) is 4.90 Å². The first-order chi connectivity index (χ1) is 9.31. The molecule has 1 aromatic rings. The Morgan fingerprint density at radius 2 is 1.80 bits per heavy atom. The van der Waals surface area contributed by atoms with Gasteiger partial charge in [-0.05, 0) is 44.7 Å². The first-order valence-corrected chi connectivity index (χ1v) is 6.77. The van der Waals surface area contributed by atoms with Crippen LogP contribution in [0.15, 0.2) is 12.1 Å². The summed E-state index contributed by atoms with van der Waals surface area (Å²) in [6.07, 6.45) is 2.20. The highest BCUT2D eigenvalue weighted by Gasteiger charge is 2.30. The molecule has 1 heterocycles. The van der Waals surface area contributed by atoms with Crippen LogP contribution in [0.4, 0.5) is 14.5 Å². The zero-order valence-electron chi connectivity index (χ0n) is 11.7. The highest BCUT2D eigenvalue weighted by atomic mass is 19.2. The minimum Gasteiger partial charge on any atom is -0.481 e. The second-order valence-corrected chi connectivity index (χ2v) is 5.95. The van der Waals surface area contributed by atoms with Gasteiger partial charge >= 0.3 is 5.97 Å². The van der Waals surface area contributed by atoms with Crippen LogP contribution < -0.4 is 4.90 Å². The number of nitrogens with zero attached hydrogens (tertiary/aromatic N) is 1. The van der Waals surface area contributed by atoms with Crippen molar-refractivity contribution in [2.45, 2.75) is 33.1 Å². The van der Waals surface area contributed by atoms with Crippen molar-refractivity contribution in [3.8, 4) is 0 Å². The van der Waals surface area contributed by atoms with Crippen molar-refractivity contribution < 1.29 is 18.7 Å². The minimum atomic E-state index is -1.02. The van der Waals surface area contributed by atoms with Crippen molar-refractivity contribution in [3.05, 3.63) is 29.3 Å². The zero-order valence-corrected chi connectivity index (χ0v) is 11.7. The number of carbonyl (C=O) groups is 1. The van der Waals surface area contributed by atoms with E-state index in [2.05, 4.69) is 0 Å². The molecule has 0 atom stereocenters. The molecule has 0 amide bonds. The SMILES string of the molecule is CC(C)(Cc1cc(F)c(F)cc1N1CCCC1)C(=O)O. The van der Waals surface area contributed by atoms with Crippen molar-refractivity contribution in [1.29, 1.82) is 0 Å². The van der Waals surface area contributed by atoms with Crippen LogP contribution >= 0.6 is 0 Å². The van der Waals surface area contributed by atoms with Gasteiger partial charge in [-0.3, -0.25) is 4.79 Å². The lowest BCUT2D eigenvalue weighted by atomic mass is 9.85. The van der Waals surface area contributed by atoms with Gasteiger partial charge in [0, 0.05) is 24.8 Å². The molecule has 1 N–H and O–H groups in total. The van der Waals surface area contributed by atoms with Gasteiger partial charge in [-0.2, -0.15) is 0 Å². The van der Waals surface area contributed by atoms with Crippen LogP contribution in [0.5, 0.6) is 0 Å². The molecule has 0 saturated carbocycles. The van der Waals surface area contributed by atoms with Crippen LogP contribution in [0.3, 0.4) is 0 Å². The topological polar surface area (TPSA) is 40.5 Å². The van der Waals surface area contributed by atoms with Crippen molar-refractivity contribution >= 4 is 11.7 Å².